The highest BCUT2D eigenvalue weighted by molar-refractivity contribution is 5.93. The van der Waals surface area contributed by atoms with Crippen LogP contribution in [0.4, 0.5) is 5.95 Å². The van der Waals surface area contributed by atoms with E-state index in [9.17, 15) is 4.79 Å². The van der Waals surface area contributed by atoms with Gasteiger partial charge >= 0.3 is 0 Å². The standard InChI is InChI=1S/C14H22N4O/c1-4-5-8-18(3)14-15-10(2)9-12(17-14)13(19)16-11-6-7-11/h9,11H,4-8H2,1-3H3,(H,16,19). The molecule has 0 atom stereocenters. The van der Waals surface area contributed by atoms with Gasteiger partial charge in [-0.3, -0.25) is 4.79 Å². The number of nitrogens with one attached hydrogen (secondary N) is 1. The van der Waals surface area contributed by atoms with Gasteiger partial charge in [0.05, 0.1) is 0 Å². The topological polar surface area (TPSA) is 58.1 Å². The molecule has 0 aromatic carbocycles. The Kier molecular flexibility index (Phi) is 4.35. The fraction of sp³-hybridized carbons (Fsp3) is 0.643. The molecule has 1 amide bonds. The number of hydrogen-bond donors (Lipinski definition) is 1. The van der Waals surface area contributed by atoms with Crippen molar-refractivity contribution in [2.45, 2.75) is 45.6 Å². The lowest BCUT2D eigenvalue weighted by Gasteiger charge is -2.17. The molecule has 0 radical (unpaired) electrons. The van der Waals surface area contributed by atoms with Gasteiger partial charge in [0.1, 0.15) is 5.69 Å². The van der Waals surface area contributed by atoms with Crippen molar-refractivity contribution in [3.8, 4) is 0 Å². The minimum absolute atomic E-state index is 0.0851. The highest BCUT2D eigenvalue weighted by Gasteiger charge is 2.24. The van der Waals surface area contributed by atoms with E-state index in [4.69, 9.17) is 0 Å². The minimum Gasteiger partial charge on any atom is -0.348 e. The number of rotatable bonds is 6. The number of hydrogen-bond acceptors (Lipinski definition) is 4. The summed E-state index contributed by atoms with van der Waals surface area (Å²) in [6, 6.07) is 2.10. The fourth-order valence-corrected chi connectivity index (χ4v) is 1.82. The second kappa shape index (κ2) is 5.99. The predicted octanol–water partition coefficient (Wildman–Crippen LogP) is 1.91. The van der Waals surface area contributed by atoms with E-state index in [1.54, 1.807) is 6.07 Å². The molecular formula is C14H22N4O. The van der Waals surface area contributed by atoms with Crippen LogP contribution in [0, 0.1) is 6.92 Å². The minimum atomic E-state index is -0.0851. The first-order valence-electron chi connectivity index (χ1n) is 6.98. The molecule has 0 unspecified atom stereocenters. The Labute approximate surface area is 114 Å². The van der Waals surface area contributed by atoms with E-state index in [1.807, 2.05) is 18.9 Å². The number of aromatic nitrogens is 2. The van der Waals surface area contributed by atoms with E-state index < -0.39 is 0 Å². The van der Waals surface area contributed by atoms with Crippen LogP contribution in [-0.4, -0.2) is 35.5 Å². The van der Waals surface area contributed by atoms with Crippen molar-refractivity contribution in [3.05, 3.63) is 17.5 Å². The Morgan fingerprint density at radius 2 is 2.21 bits per heavy atom. The second-order valence-corrected chi connectivity index (χ2v) is 5.22. The normalized spacial score (nSPS) is 14.3. The maximum atomic E-state index is 12.0. The third kappa shape index (κ3) is 3.91. The molecule has 5 heteroatoms. The molecule has 1 saturated carbocycles. The van der Waals surface area contributed by atoms with E-state index in [1.165, 1.54) is 0 Å². The Hall–Kier alpha value is -1.65. The summed E-state index contributed by atoms with van der Waals surface area (Å²) in [7, 11) is 1.97. The van der Waals surface area contributed by atoms with Gasteiger partial charge in [0.25, 0.3) is 5.91 Å². The van der Waals surface area contributed by atoms with E-state index in [0.717, 1.165) is 37.9 Å². The second-order valence-electron chi connectivity index (χ2n) is 5.22. The molecule has 0 saturated heterocycles. The molecule has 0 aliphatic heterocycles. The van der Waals surface area contributed by atoms with Gasteiger partial charge in [0.15, 0.2) is 0 Å². The zero-order chi connectivity index (χ0) is 13.8. The van der Waals surface area contributed by atoms with Gasteiger partial charge in [-0.05, 0) is 32.3 Å². The van der Waals surface area contributed by atoms with Gasteiger partial charge in [-0.1, -0.05) is 13.3 Å². The summed E-state index contributed by atoms with van der Waals surface area (Å²) in [4.78, 5) is 22.8. The maximum absolute atomic E-state index is 12.0. The molecule has 0 spiro atoms. The summed E-state index contributed by atoms with van der Waals surface area (Å²) in [6.45, 7) is 4.95. The lowest BCUT2D eigenvalue weighted by molar-refractivity contribution is 0.0946. The van der Waals surface area contributed by atoms with Crippen LogP contribution in [0.5, 0.6) is 0 Å². The number of aryl methyl sites for hydroxylation is 1. The summed E-state index contributed by atoms with van der Waals surface area (Å²) in [5.74, 6) is 0.549. The quantitative estimate of drug-likeness (QED) is 0.851. The molecule has 2 rings (SSSR count). The predicted molar refractivity (Wildman–Crippen MR) is 75.4 cm³/mol. The number of amides is 1. The zero-order valence-corrected chi connectivity index (χ0v) is 11.9. The van der Waals surface area contributed by atoms with Crippen molar-refractivity contribution < 1.29 is 4.79 Å². The SMILES string of the molecule is CCCCN(C)c1nc(C)cc(C(=O)NC2CC2)n1. The average molecular weight is 262 g/mol. The number of nitrogens with zero attached hydrogens (tertiary/aromatic N) is 3. The highest BCUT2D eigenvalue weighted by Crippen LogP contribution is 2.19. The molecule has 1 aliphatic carbocycles. The molecule has 19 heavy (non-hydrogen) atoms. The van der Waals surface area contributed by atoms with Crippen molar-refractivity contribution in [3.63, 3.8) is 0 Å². The number of carbonyl (C=O) groups is 1. The lowest BCUT2D eigenvalue weighted by atomic mass is 10.3. The maximum Gasteiger partial charge on any atom is 0.270 e. The number of anilines is 1. The molecule has 1 N–H and O–H groups in total. The third-order valence-electron chi connectivity index (χ3n) is 3.18. The summed E-state index contributed by atoms with van der Waals surface area (Å²) >= 11 is 0. The van der Waals surface area contributed by atoms with Crippen LogP contribution >= 0.6 is 0 Å². The van der Waals surface area contributed by atoms with Crippen molar-refractivity contribution >= 4 is 11.9 Å². The molecule has 1 heterocycles. The molecule has 1 aliphatic rings. The summed E-state index contributed by atoms with van der Waals surface area (Å²) in [5.41, 5.74) is 1.30. The zero-order valence-electron chi connectivity index (χ0n) is 11.9. The van der Waals surface area contributed by atoms with Gasteiger partial charge in [0, 0.05) is 25.3 Å². The van der Waals surface area contributed by atoms with E-state index >= 15 is 0 Å². The van der Waals surface area contributed by atoms with Crippen LogP contribution in [0.2, 0.25) is 0 Å². The first-order chi connectivity index (χ1) is 9.10. The molecule has 5 nitrogen and oxygen atoms in total. The molecule has 1 aromatic heterocycles. The van der Waals surface area contributed by atoms with Crippen LogP contribution in [0.3, 0.4) is 0 Å². The number of carbonyl (C=O) groups excluding carboxylic acids is 1. The third-order valence-corrected chi connectivity index (χ3v) is 3.18. The monoisotopic (exact) mass is 262 g/mol. The summed E-state index contributed by atoms with van der Waals surface area (Å²) < 4.78 is 0. The largest absolute Gasteiger partial charge is 0.348 e. The van der Waals surface area contributed by atoms with Gasteiger partial charge in [0.2, 0.25) is 5.95 Å². The van der Waals surface area contributed by atoms with Crippen LogP contribution in [0.1, 0.15) is 48.8 Å². The molecule has 104 valence electrons. The van der Waals surface area contributed by atoms with Crippen LogP contribution in [-0.2, 0) is 0 Å². The molecular weight excluding hydrogens is 240 g/mol. The van der Waals surface area contributed by atoms with Gasteiger partial charge in [-0.15, -0.1) is 0 Å². The Morgan fingerprint density at radius 3 is 2.84 bits per heavy atom. The van der Waals surface area contributed by atoms with Gasteiger partial charge < -0.3 is 10.2 Å². The number of unbranched alkanes of at least 4 members (excludes halogenated alkanes) is 1. The van der Waals surface area contributed by atoms with Crippen molar-refractivity contribution in [1.29, 1.82) is 0 Å². The van der Waals surface area contributed by atoms with Gasteiger partial charge in [-0.2, -0.15) is 0 Å². The van der Waals surface area contributed by atoms with E-state index in [0.29, 0.717) is 17.7 Å². The first-order valence-corrected chi connectivity index (χ1v) is 6.98. The van der Waals surface area contributed by atoms with Crippen molar-refractivity contribution in [2.24, 2.45) is 0 Å². The van der Waals surface area contributed by atoms with Crippen molar-refractivity contribution in [1.82, 2.24) is 15.3 Å². The van der Waals surface area contributed by atoms with Crippen molar-refractivity contribution in [2.75, 3.05) is 18.5 Å². The average Bonchev–Trinajstić information content (AvgIpc) is 3.19. The lowest BCUT2D eigenvalue weighted by Crippen LogP contribution is -2.28. The van der Waals surface area contributed by atoms with Crippen LogP contribution in [0.15, 0.2) is 6.07 Å². The first kappa shape index (κ1) is 13.8. The Balaban J connectivity index is 2.10. The molecule has 0 bridgehead atoms. The van der Waals surface area contributed by atoms with Crippen LogP contribution in [0.25, 0.3) is 0 Å². The smallest absolute Gasteiger partial charge is 0.270 e. The molecule has 1 fully saturated rings. The molecule has 1 aromatic rings. The summed E-state index contributed by atoms with van der Waals surface area (Å²) in [5, 5.41) is 2.96. The highest BCUT2D eigenvalue weighted by atomic mass is 16.2. The van der Waals surface area contributed by atoms with E-state index in [-0.39, 0.29) is 5.91 Å². The van der Waals surface area contributed by atoms with E-state index in [2.05, 4.69) is 22.2 Å². The summed E-state index contributed by atoms with van der Waals surface area (Å²) in [6.07, 6.45) is 4.39. The van der Waals surface area contributed by atoms with Crippen LogP contribution < -0.4 is 10.2 Å². The fourth-order valence-electron chi connectivity index (χ4n) is 1.82. The Morgan fingerprint density at radius 1 is 1.47 bits per heavy atom. The van der Waals surface area contributed by atoms with Gasteiger partial charge in [-0.25, -0.2) is 9.97 Å². The Bertz CT molecular complexity index is 457.